The Morgan fingerprint density at radius 1 is 1.47 bits per heavy atom. The highest BCUT2D eigenvalue weighted by Gasteiger charge is 2.11. The lowest BCUT2D eigenvalue weighted by atomic mass is 10.5. The number of alkyl halides is 1. The van der Waals surface area contributed by atoms with Crippen LogP contribution in [0, 0.1) is 0 Å². The van der Waals surface area contributed by atoms with E-state index in [9.17, 15) is 0 Å². The number of ether oxygens (including phenoxy) is 1. The van der Waals surface area contributed by atoms with Gasteiger partial charge in [-0.3, -0.25) is 0 Å². The Morgan fingerprint density at radius 2 is 2.20 bits per heavy atom. The van der Waals surface area contributed by atoms with Crippen molar-refractivity contribution in [2.45, 2.75) is 36.8 Å². The second-order valence-electron chi connectivity index (χ2n) is 4.83. The molecule has 0 spiro atoms. The van der Waals surface area contributed by atoms with Gasteiger partial charge in [0.1, 0.15) is 6.73 Å². The first-order valence-electron chi connectivity index (χ1n) is 5.17. The van der Waals surface area contributed by atoms with Crippen LogP contribution < -0.4 is 0 Å². The predicted octanol–water partition coefficient (Wildman–Crippen LogP) is 3.13. The van der Waals surface area contributed by atoms with Crippen LogP contribution in [0.2, 0.25) is 25.7 Å². The van der Waals surface area contributed by atoms with Crippen molar-refractivity contribution in [1.29, 1.82) is 0 Å². The average Bonchev–Trinajstić information content (AvgIpc) is 2.59. The van der Waals surface area contributed by atoms with Crippen molar-refractivity contribution in [2.24, 2.45) is 0 Å². The van der Waals surface area contributed by atoms with Gasteiger partial charge >= 0.3 is 0 Å². The van der Waals surface area contributed by atoms with Crippen molar-refractivity contribution in [2.75, 3.05) is 6.61 Å². The Kier molecular flexibility index (Phi) is 5.27. The van der Waals surface area contributed by atoms with Gasteiger partial charge in [-0.2, -0.15) is 5.10 Å². The van der Waals surface area contributed by atoms with E-state index in [4.69, 9.17) is 4.74 Å². The molecule has 0 fully saturated rings. The van der Waals surface area contributed by atoms with Crippen molar-refractivity contribution in [3.63, 3.8) is 0 Å². The highest BCUT2D eigenvalue weighted by atomic mass is 127. The largest absolute Gasteiger partial charge is 0.360 e. The summed E-state index contributed by atoms with van der Waals surface area (Å²) in [4.78, 5) is 0. The van der Waals surface area contributed by atoms with Crippen molar-refractivity contribution in [3.8, 4) is 0 Å². The fourth-order valence-electron chi connectivity index (χ4n) is 1.08. The van der Waals surface area contributed by atoms with Gasteiger partial charge in [-0.1, -0.05) is 42.2 Å². The smallest absolute Gasteiger partial charge is 0.139 e. The first-order valence-corrected chi connectivity index (χ1v) is 10.4. The van der Waals surface area contributed by atoms with E-state index < -0.39 is 8.07 Å². The molecule has 0 unspecified atom stereocenters. The second-order valence-corrected chi connectivity index (χ2v) is 11.2. The molecule has 5 heteroatoms. The molecule has 15 heavy (non-hydrogen) atoms. The van der Waals surface area contributed by atoms with E-state index in [-0.39, 0.29) is 0 Å². The second kappa shape index (κ2) is 6.00. The molecule has 0 aliphatic rings. The number of hydrogen-bond donors (Lipinski definition) is 0. The third-order valence-corrected chi connectivity index (χ3v) is 4.54. The minimum atomic E-state index is -0.953. The van der Waals surface area contributed by atoms with Crippen LogP contribution in [0.25, 0.3) is 0 Å². The minimum Gasteiger partial charge on any atom is -0.360 e. The standard InChI is InChI=1S/C10H19IN2OSi/c1-15(2,3)7-6-14-9-13-5-4-10(8-11)12-13/h4-5H,6-9H2,1-3H3. The van der Waals surface area contributed by atoms with Gasteiger partial charge in [0, 0.05) is 25.3 Å². The van der Waals surface area contributed by atoms with Gasteiger partial charge in [0.05, 0.1) is 5.69 Å². The van der Waals surface area contributed by atoms with Crippen molar-refractivity contribution < 1.29 is 4.74 Å². The minimum absolute atomic E-state index is 0.584. The molecule has 0 N–H and O–H groups in total. The Hall–Kier alpha value is 0.117. The van der Waals surface area contributed by atoms with E-state index in [1.54, 1.807) is 0 Å². The van der Waals surface area contributed by atoms with Crippen LogP contribution in [0.3, 0.4) is 0 Å². The summed E-state index contributed by atoms with van der Waals surface area (Å²) in [6, 6.07) is 3.25. The summed E-state index contributed by atoms with van der Waals surface area (Å²) in [5, 5.41) is 4.36. The Balaban J connectivity index is 2.20. The lowest BCUT2D eigenvalue weighted by molar-refractivity contribution is 0.0784. The van der Waals surface area contributed by atoms with Gasteiger partial charge in [-0.25, -0.2) is 4.68 Å². The SMILES string of the molecule is C[Si](C)(C)CCOCn1ccc(CI)n1. The molecule has 0 aliphatic heterocycles. The fourth-order valence-corrected chi connectivity index (χ4v) is 2.25. The molecule has 3 nitrogen and oxygen atoms in total. The molecular formula is C10H19IN2OSi. The van der Waals surface area contributed by atoms with Crippen molar-refractivity contribution in [3.05, 3.63) is 18.0 Å². The summed E-state index contributed by atoms with van der Waals surface area (Å²) in [5.41, 5.74) is 1.12. The lowest BCUT2D eigenvalue weighted by Gasteiger charge is -2.15. The van der Waals surface area contributed by atoms with Crippen LogP contribution in [0.15, 0.2) is 12.3 Å². The zero-order valence-electron chi connectivity index (χ0n) is 9.66. The molecule has 1 heterocycles. The molecule has 0 aliphatic carbocycles. The molecule has 0 amide bonds. The maximum Gasteiger partial charge on any atom is 0.139 e. The maximum absolute atomic E-state index is 5.59. The monoisotopic (exact) mass is 338 g/mol. The normalized spacial score (nSPS) is 12.0. The Labute approximate surface area is 106 Å². The highest BCUT2D eigenvalue weighted by molar-refractivity contribution is 14.1. The van der Waals surface area contributed by atoms with Gasteiger partial charge < -0.3 is 4.74 Å². The molecule has 1 rings (SSSR count). The van der Waals surface area contributed by atoms with Gasteiger partial charge in [0.15, 0.2) is 0 Å². The quantitative estimate of drug-likeness (QED) is 0.345. The zero-order chi connectivity index (χ0) is 11.3. The maximum atomic E-state index is 5.59. The van der Waals surface area contributed by atoms with Crippen molar-refractivity contribution in [1.82, 2.24) is 9.78 Å². The van der Waals surface area contributed by atoms with Crippen LogP contribution in [0.5, 0.6) is 0 Å². The third-order valence-electron chi connectivity index (χ3n) is 2.05. The van der Waals surface area contributed by atoms with E-state index >= 15 is 0 Å². The Morgan fingerprint density at radius 3 is 2.73 bits per heavy atom. The summed E-state index contributed by atoms with van der Waals surface area (Å²) >= 11 is 2.31. The molecule has 1 aromatic rings. The summed E-state index contributed by atoms with van der Waals surface area (Å²) < 4.78 is 8.40. The number of rotatable bonds is 6. The molecule has 1 aromatic heterocycles. The summed E-state index contributed by atoms with van der Waals surface area (Å²) in [6.07, 6.45) is 1.97. The van der Waals surface area contributed by atoms with Gasteiger partial charge in [-0.15, -0.1) is 0 Å². The zero-order valence-corrected chi connectivity index (χ0v) is 12.8. The lowest BCUT2D eigenvalue weighted by Crippen LogP contribution is -2.22. The van der Waals surface area contributed by atoms with E-state index in [1.165, 1.54) is 6.04 Å². The Bertz CT molecular complexity index is 296. The number of halogens is 1. The topological polar surface area (TPSA) is 27.1 Å². The van der Waals surface area contributed by atoms with Gasteiger partial charge in [0.25, 0.3) is 0 Å². The number of aromatic nitrogens is 2. The molecule has 0 saturated carbocycles. The average molecular weight is 338 g/mol. The van der Waals surface area contributed by atoms with Crippen LogP contribution in [0.4, 0.5) is 0 Å². The molecule has 0 atom stereocenters. The summed E-state index contributed by atoms with van der Waals surface area (Å²) in [5.74, 6) is 0. The molecular weight excluding hydrogens is 319 g/mol. The first kappa shape index (κ1) is 13.2. The van der Waals surface area contributed by atoms with Crippen LogP contribution in [0.1, 0.15) is 5.69 Å². The van der Waals surface area contributed by atoms with E-state index in [2.05, 4.69) is 47.3 Å². The molecule has 0 aromatic carbocycles. The number of hydrogen-bond acceptors (Lipinski definition) is 2. The van der Waals surface area contributed by atoms with Crippen LogP contribution in [-0.2, 0) is 15.9 Å². The molecule has 0 radical (unpaired) electrons. The van der Waals surface area contributed by atoms with E-state index in [0.29, 0.717) is 6.73 Å². The predicted molar refractivity (Wildman–Crippen MR) is 74.1 cm³/mol. The van der Waals surface area contributed by atoms with Crippen molar-refractivity contribution >= 4 is 30.7 Å². The van der Waals surface area contributed by atoms with E-state index in [1.807, 2.05) is 16.9 Å². The van der Waals surface area contributed by atoms with Gasteiger partial charge in [-0.05, 0) is 12.1 Å². The van der Waals surface area contributed by atoms with Crippen LogP contribution >= 0.6 is 22.6 Å². The van der Waals surface area contributed by atoms with E-state index in [0.717, 1.165) is 16.7 Å². The fraction of sp³-hybridized carbons (Fsp3) is 0.700. The van der Waals surface area contributed by atoms with Gasteiger partial charge in [0.2, 0.25) is 0 Å². The molecule has 86 valence electrons. The first-order chi connectivity index (χ1) is 7.01. The summed E-state index contributed by atoms with van der Waals surface area (Å²) in [7, 11) is -0.953. The molecule has 0 bridgehead atoms. The summed E-state index contributed by atoms with van der Waals surface area (Å²) in [6.45, 7) is 8.52. The molecule has 0 saturated heterocycles. The third kappa shape index (κ3) is 5.67. The highest BCUT2D eigenvalue weighted by Crippen LogP contribution is 2.08. The van der Waals surface area contributed by atoms with Crippen LogP contribution in [-0.4, -0.2) is 24.5 Å². The number of nitrogens with zero attached hydrogens (tertiary/aromatic N) is 2.